The molecule has 0 spiro atoms. The Morgan fingerprint density at radius 3 is 2.36 bits per heavy atom. The van der Waals surface area contributed by atoms with Crippen molar-refractivity contribution >= 4 is 34.4 Å². The zero-order valence-corrected chi connectivity index (χ0v) is 12.0. The number of hydrogen-bond donors (Lipinski definition) is 0. The van der Waals surface area contributed by atoms with Crippen LogP contribution in [-0.4, -0.2) is 4.75 Å². The molecule has 14 heavy (non-hydrogen) atoms. The number of halogens is 1. The van der Waals surface area contributed by atoms with E-state index in [4.69, 9.17) is 0 Å². The SMILES string of the molecule is CC1(C)Sc2c(I)cccc2C1(C)C. The molecule has 0 amide bonds. The minimum atomic E-state index is 0.272. The third-order valence-electron chi connectivity index (χ3n) is 3.50. The second-order valence-electron chi connectivity index (χ2n) is 4.85. The Bertz CT molecular complexity index is 380. The van der Waals surface area contributed by atoms with Gasteiger partial charge in [0.05, 0.1) is 0 Å². The van der Waals surface area contributed by atoms with Gasteiger partial charge in [-0.15, -0.1) is 11.8 Å². The fourth-order valence-electron chi connectivity index (χ4n) is 1.81. The molecular formula is C12H15IS. The number of fused-ring (bicyclic) bond motifs is 1. The van der Waals surface area contributed by atoms with Crippen LogP contribution < -0.4 is 0 Å². The molecular weight excluding hydrogens is 303 g/mol. The van der Waals surface area contributed by atoms with Gasteiger partial charge in [0.1, 0.15) is 0 Å². The highest BCUT2D eigenvalue weighted by Gasteiger charge is 2.46. The normalized spacial score (nSPS) is 22.1. The Morgan fingerprint density at radius 1 is 1.14 bits per heavy atom. The molecule has 1 aromatic rings. The molecule has 0 nitrogen and oxygen atoms in total. The maximum Gasteiger partial charge on any atom is 0.0269 e. The van der Waals surface area contributed by atoms with Crippen LogP contribution in [0.3, 0.4) is 0 Å². The monoisotopic (exact) mass is 318 g/mol. The third kappa shape index (κ3) is 1.33. The third-order valence-corrected chi connectivity index (χ3v) is 6.43. The van der Waals surface area contributed by atoms with Crippen LogP contribution >= 0.6 is 34.4 Å². The quantitative estimate of drug-likeness (QED) is 0.637. The van der Waals surface area contributed by atoms with Gasteiger partial charge in [0.15, 0.2) is 0 Å². The molecule has 1 aliphatic rings. The summed E-state index contributed by atoms with van der Waals surface area (Å²) in [6.07, 6.45) is 0. The molecule has 0 unspecified atom stereocenters. The summed E-state index contributed by atoms with van der Waals surface area (Å²) in [6, 6.07) is 6.65. The zero-order valence-electron chi connectivity index (χ0n) is 9.02. The molecule has 0 fully saturated rings. The summed E-state index contributed by atoms with van der Waals surface area (Å²) in [7, 11) is 0. The van der Waals surface area contributed by atoms with Gasteiger partial charge in [0, 0.05) is 18.6 Å². The molecule has 0 aromatic heterocycles. The number of benzene rings is 1. The lowest BCUT2D eigenvalue weighted by molar-refractivity contribution is 0.421. The van der Waals surface area contributed by atoms with Crippen LogP contribution in [0.15, 0.2) is 23.1 Å². The second-order valence-corrected chi connectivity index (χ2v) is 7.65. The average Bonchev–Trinajstić information content (AvgIpc) is 2.24. The Kier molecular flexibility index (Phi) is 2.43. The van der Waals surface area contributed by atoms with Crippen LogP contribution in [0.2, 0.25) is 0 Å². The molecule has 1 aliphatic heterocycles. The van der Waals surface area contributed by atoms with E-state index in [2.05, 4.69) is 68.5 Å². The van der Waals surface area contributed by atoms with Crippen LogP contribution in [-0.2, 0) is 5.41 Å². The van der Waals surface area contributed by atoms with Gasteiger partial charge >= 0.3 is 0 Å². The molecule has 0 saturated heterocycles. The van der Waals surface area contributed by atoms with E-state index in [1.54, 1.807) is 0 Å². The van der Waals surface area contributed by atoms with Crippen molar-refractivity contribution in [3.05, 3.63) is 27.3 Å². The smallest absolute Gasteiger partial charge is 0.0269 e. The molecule has 0 saturated carbocycles. The molecule has 1 heterocycles. The van der Waals surface area contributed by atoms with E-state index in [9.17, 15) is 0 Å². The summed E-state index contributed by atoms with van der Waals surface area (Å²) in [6.45, 7) is 9.38. The summed E-state index contributed by atoms with van der Waals surface area (Å²) < 4.78 is 1.69. The van der Waals surface area contributed by atoms with E-state index in [1.165, 1.54) is 14.0 Å². The van der Waals surface area contributed by atoms with Crippen molar-refractivity contribution < 1.29 is 0 Å². The molecule has 0 N–H and O–H groups in total. The van der Waals surface area contributed by atoms with Gasteiger partial charge in [-0.25, -0.2) is 0 Å². The van der Waals surface area contributed by atoms with Crippen molar-refractivity contribution in [2.24, 2.45) is 0 Å². The summed E-state index contributed by atoms with van der Waals surface area (Å²) >= 11 is 4.46. The molecule has 1 aromatic carbocycles. The van der Waals surface area contributed by atoms with Gasteiger partial charge in [-0.1, -0.05) is 26.0 Å². The minimum Gasteiger partial charge on any atom is -0.118 e. The summed E-state index contributed by atoms with van der Waals surface area (Å²) in [4.78, 5) is 1.49. The Balaban J connectivity index is 2.66. The topological polar surface area (TPSA) is 0 Å². The number of rotatable bonds is 0. The number of hydrogen-bond acceptors (Lipinski definition) is 1. The van der Waals surface area contributed by atoms with Crippen LogP contribution in [0.4, 0.5) is 0 Å². The fraction of sp³-hybridized carbons (Fsp3) is 0.500. The fourth-order valence-corrected chi connectivity index (χ4v) is 4.11. The predicted molar refractivity (Wildman–Crippen MR) is 72.1 cm³/mol. The van der Waals surface area contributed by atoms with E-state index < -0.39 is 0 Å². The molecule has 2 rings (SSSR count). The first-order valence-corrected chi connectivity index (χ1v) is 6.74. The van der Waals surface area contributed by atoms with E-state index in [0.717, 1.165) is 0 Å². The van der Waals surface area contributed by atoms with Crippen LogP contribution in [0.25, 0.3) is 0 Å². The Hall–Kier alpha value is 0.300. The highest BCUT2D eigenvalue weighted by atomic mass is 127. The molecule has 0 aliphatic carbocycles. The summed E-state index contributed by atoms with van der Waals surface area (Å²) in [5.74, 6) is 0. The van der Waals surface area contributed by atoms with Gasteiger partial charge in [-0.05, 0) is 48.1 Å². The largest absolute Gasteiger partial charge is 0.118 e. The van der Waals surface area contributed by atoms with Gasteiger partial charge in [-0.2, -0.15) is 0 Å². The highest BCUT2D eigenvalue weighted by Crippen LogP contribution is 2.57. The predicted octanol–water partition coefficient (Wildman–Crippen LogP) is 4.45. The highest BCUT2D eigenvalue weighted by molar-refractivity contribution is 14.1. The molecule has 0 atom stereocenters. The van der Waals surface area contributed by atoms with Crippen LogP contribution in [0, 0.1) is 3.57 Å². The molecule has 0 bridgehead atoms. The van der Waals surface area contributed by atoms with Gasteiger partial charge < -0.3 is 0 Å². The van der Waals surface area contributed by atoms with E-state index in [0.29, 0.717) is 4.75 Å². The maximum absolute atomic E-state index is 2.44. The number of thioether (sulfide) groups is 1. The average molecular weight is 318 g/mol. The first kappa shape index (κ1) is 10.8. The first-order valence-electron chi connectivity index (χ1n) is 4.84. The summed E-state index contributed by atoms with van der Waals surface area (Å²) in [5, 5.41) is 0. The summed E-state index contributed by atoms with van der Waals surface area (Å²) in [5.41, 5.74) is 1.79. The lowest BCUT2D eigenvalue weighted by Gasteiger charge is -2.34. The van der Waals surface area contributed by atoms with Gasteiger partial charge in [0.2, 0.25) is 0 Å². The lowest BCUT2D eigenvalue weighted by Crippen LogP contribution is -2.35. The second kappa shape index (κ2) is 3.14. The van der Waals surface area contributed by atoms with Crippen LogP contribution in [0.5, 0.6) is 0 Å². The van der Waals surface area contributed by atoms with E-state index >= 15 is 0 Å². The van der Waals surface area contributed by atoms with Crippen molar-refractivity contribution in [3.63, 3.8) is 0 Å². The van der Waals surface area contributed by atoms with Gasteiger partial charge in [-0.3, -0.25) is 0 Å². The van der Waals surface area contributed by atoms with Crippen molar-refractivity contribution in [2.45, 2.75) is 42.8 Å². The van der Waals surface area contributed by atoms with Crippen LogP contribution in [0.1, 0.15) is 33.3 Å². The van der Waals surface area contributed by atoms with Gasteiger partial charge in [0.25, 0.3) is 0 Å². The molecule has 2 heteroatoms. The molecule has 76 valence electrons. The Morgan fingerprint density at radius 2 is 1.79 bits per heavy atom. The van der Waals surface area contributed by atoms with E-state index in [-0.39, 0.29) is 5.41 Å². The van der Waals surface area contributed by atoms with E-state index in [1.807, 2.05) is 11.8 Å². The molecule has 0 radical (unpaired) electrons. The standard InChI is InChI=1S/C12H15IS/c1-11(2)8-6-5-7-9(13)10(8)14-12(11,3)4/h5-7H,1-4H3. The minimum absolute atomic E-state index is 0.272. The zero-order chi connectivity index (χ0) is 10.6. The van der Waals surface area contributed by atoms with Crippen molar-refractivity contribution in [2.75, 3.05) is 0 Å². The maximum atomic E-state index is 2.44. The first-order chi connectivity index (χ1) is 6.36. The van der Waals surface area contributed by atoms with Crippen molar-refractivity contribution in [1.29, 1.82) is 0 Å². The lowest BCUT2D eigenvalue weighted by atomic mass is 9.75. The van der Waals surface area contributed by atoms with Crippen molar-refractivity contribution in [1.82, 2.24) is 0 Å². The van der Waals surface area contributed by atoms with Crippen molar-refractivity contribution in [3.8, 4) is 0 Å². The Labute approximate surface area is 104 Å².